The quantitative estimate of drug-likeness (QED) is 0.751. The largest absolute Gasteiger partial charge is 0.481 e. The van der Waals surface area contributed by atoms with Gasteiger partial charge >= 0.3 is 5.97 Å². The van der Waals surface area contributed by atoms with Crippen LogP contribution in [0.2, 0.25) is 0 Å². The van der Waals surface area contributed by atoms with Gasteiger partial charge in [0.1, 0.15) is 0 Å². The van der Waals surface area contributed by atoms with Gasteiger partial charge in [-0.25, -0.2) is 0 Å². The average Bonchev–Trinajstić information content (AvgIpc) is 2.89. The third-order valence-electron chi connectivity index (χ3n) is 4.66. The van der Waals surface area contributed by atoms with Crippen molar-refractivity contribution in [3.05, 3.63) is 0 Å². The first-order valence-corrected chi connectivity index (χ1v) is 7.38. The molecule has 0 bridgehead atoms. The van der Waals surface area contributed by atoms with Gasteiger partial charge in [-0.15, -0.1) is 0 Å². The maximum absolute atomic E-state index is 12.2. The molecule has 1 heterocycles. The van der Waals surface area contributed by atoms with Crippen molar-refractivity contribution in [2.75, 3.05) is 40.3 Å². The Bertz CT molecular complexity index is 375. The van der Waals surface area contributed by atoms with Crippen LogP contribution in [0, 0.1) is 11.8 Å². The zero-order valence-corrected chi connectivity index (χ0v) is 12.3. The van der Waals surface area contributed by atoms with Gasteiger partial charge in [-0.1, -0.05) is 6.42 Å². The topological polar surface area (TPSA) is 72.9 Å². The lowest BCUT2D eigenvalue weighted by Gasteiger charge is -2.37. The van der Waals surface area contributed by atoms with Gasteiger partial charge < -0.3 is 15.3 Å². The maximum Gasteiger partial charge on any atom is 0.307 e. The summed E-state index contributed by atoms with van der Waals surface area (Å²) in [6.07, 6.45) is 2.16. The van der Waals surface area contributed by atoms with Crippen LogP contribution in [0.25, 0.3) is 0 Å². The van der Waals surface area contributed by atoms with Crippen molar-refractivity contribution in [1.82, 2.24) is 15.1 Å². The van der Waals surface area contributed by atoms with Crippen molar-refractivity contribution in [1.29, 1.82) is 0 Å². The van der Waals surface area contributed by atoms with Crippen molar-refractivity contribution >= 4 is 11.9 Å². The van der Waals surface area contributed by atoms with E-state index in [9.17, 15) is 9.59 Å². The van der Waals surface area contributed by atoms with E-state index in [0.29, 0.717) is 25.4 Å². The minimum atomic E-state index is -0.836. The Morgan fingerprint density at radius 2 is 1.90 bits per heavy atom. The number of carboxylic acid groups (broad SMARTS) is 1. The molecule has 0 aromatic rings. The second-order valence-corrected chi connectivity index (χ2v) is 6.12. The molecule has 2 rings (SSSR count). The number of nitrogens with one attached hydrogen (secondary N) is 1. The zero-order valence-electron chi connectivity index (χ0n) is 12.3. The van der Waals surface area contributed by atoms with Gasteiger partial charge in [0.2, 0.25) is 5.91 Å². The Morgan fingerprint density at radius 1 is 1.20 bits per heavy atom. The minimum Gasteiger partial charge on any atom is -0.481 e. The van der Waals surface area contributed by atoms with Crippen LogP contribution < -0.4 is 5.32 Å². The van der Waals surface area contributed by atoms with Crippen LogP contribution in [0.1, 0.15) is 19.3 Å². The predicted octanol–water partition coefficient (Wildman–Crippen LogP) is -0.151. The van der Waals surface area contributed by atoms with Gasteiger partial charge in [-0.2, -0.15) is 0 Å². The molecule has 0 aromatic heterocycles. The number of aliphatic carboxylic acids is 1. The highest BCUT2D eigenvalue weighted by Crippen LogP contribution is 2.32. The third kappa shape index (κ3) is 3.49. The van der Waals surface area contributed by atoms with Gasteiger partial charge in [0.05, 0.1) is 11.8 Å². The number of carboxylic acids is 1. The highest BCUT2D eigenvalue weighted by Gasteiger charge is 2.37. The van der Waals surface area contributed by atoms with Gasteiger partial charge in [-0.05, 0) is 26.9 Å². The number of rotatable bonds is 4. The van der Waals surface area contributed by atoms with E-state index in [1.807, 2.05) is 0 Å². The highest BCUT2D eigenvalue weighted by atomic mass is 16.4. The Morgan fingerprint density at radius 3 is 2.60 bits per heavy atom. The van der Waals surface area contributed by atoms with E-state index < -0.39 is 11.9 Å². The second-order valence-electron chi connectivity index (χ2n) is 6.12. The van der Waals surface area contributed by atoms with Crippen LogP contribution >= 0.6 is 0 Å². The van der Waals surface area contributed by atoms with Gasteiger partial charge in [-0.3, -0.25) is 14.5 Å². The highest BCUT2D eigenvalue weighted by molar-refractivity contribution is 5.85. The maximum atomic E-state index is 12.2. The van der Waals surface area contributed by atoms with Crippen LogP contribution in [0.5, 0.6) is 0 Å². The number of carbonyl (C=O) groups excluding carboxylic acids is 1. The molecule has 2 fully saturated rings. The monoisotopic (exact) mass is 283 g/mol. The summed E-state index contributed by atoms with van der Waals surface area (Å²) < 4.78 is 0. The van der Waals surface area contributed by atoms with E-state index in [1.165, 1.54) is 0 Å². The van der Waals surface area contributed by atoms with E-state index >= 15 is 0 Å². The number of nitrogens with zero attached hydrogens (tertiary/aromatic N) is 2. The van der Waals surface area contributed by atoms with E-state index in [-0.39, 0.29) is 11.8 Å². The molecule has 20 heavy (non-hydrogen) atoms. The fraction of sp³-hybridized carbons (Fsp3) is 0.857. The van der Waals surface area contributed by atoms with Crippen LogP contribution in [-0.2, 0) is 9.59 Å². The van der Waals surface area contributed by atoms with Gasteiger partial charge in [0.25, 0.3) is 0 Å². The molecule has 1 amide bonds. The molecule has 2 aliphatic rings. The Hall–Kier alpha value is -1.14. The summed E-state index contributed by atoms with van der Waals surface area (Å²) in [5, 5.41) is 12.1. The normalized spacial score (nSPS) is 32.2. The zero-order chi connectivity index (χ0) is 14.7. The van der Waals surface area contributed by atoms with Crippen LogP contribution in [0.3, 0.4) is 0 Å². The summed E-state index contributed by atoms with van der Waals surface area (Å²) in [4.78, 5) is 27.8. The molecular weight excluding hydrogens is 258 g/mol. The fourth-order valence-electron chi connectivity index (χ4n) is 3.24. The first-order valence-electron chi connectivity index (χ1n) is 7.38. The number of likely N-dealkylation sites (N-methyl/N-ethyl adjacent to an activating group) is 2. The molecule has 0 radical (unpaired) electrons. The van der Waals surface area contributed by atoms with E-state index in [0.717, 1.165) is 26.1 Å². The SMILES string of the molecule is CN1CCN(C)C(CNC(=O)[C@@H]2CCC[C@@H]2C(=O)O)C1. The number of carbonyl (C=O) groups is 2. The van der Waals surface area contributed by atoms with Crippen molar-refractivity contribution in [3.8, 4) is 0 Å². The molecule has 0 spiro atoms. The lowest BCUT2D eigenvalue weighted by atomic mass is 9.95. The van der Waals surface area contributed by atoms with Gasteiger partial charge in [0, 0.05) is 32.2 Å². The molecule has 1 aliphatic carbocycles. The fourth-order valence-corrected chi connectivity index (χ4v) is 3.24. The third-order valence-corrected chi connectivity index (χ3v) is 4.66. The smallest absolute Gasteiger partial charge is 0.307 e. The Balaban J connectivity index is 1.84. The molecule has 1 unspecified atom stereocenters. The summed E-state index contributed by atoms with van der Waals surface area (Å²) in [6, 6.07) is 0.308. The number of hydrogen-bond donors (Lipinski definition) is 2. The molecule has 1 saturated carbocycles. The molecule has 6 nitrogen and oxygen atoms in total. The molecule has 6 heteroatoms. The average molecular weight is 283 g/mol. The number of amides is 1. The first kappa shape index (κ1) is 15.3. The molecule has 114 valence electrons. The van der Waals surface area contributed by atoms with Crippen LogP contribution in [0.4, 0.5) is 0 Å². The van der Waals surface area contributed by atoms with E-state index in [1.54, 1.807) is 0 Å². The van der Waals surface area contributed by atoms with Crippen molar-refractivity contribution in [3.63, 3.8) is 0 Å². The summed E-state index contributed by atoms with van der Waals surface area (Å²) >= 11 is 0. The standard InChI is InChI=1S/C14H25N3O3/c1-16-6-7-17(2)10(9-16)8-15-13(18)11-4-3-5-12(11)14(19)20/h10-12H,3-9H2,1-2H3,(H,15,18)(H,19,20)/t10?,11-,12+/m1/s1. The predicted molar refractivity (Wildman–Crippen MR) is 75.4 cm³/mol. The Kier molecular flexibility index (Phi) is 4.99. The molecule has 2 N–H and O–H groups in total. The molecular formula is C14H25N3O3. The van der Waals surface area contributed by atoms with Gasteiger partial charge in [0.15, 0.2) is 0 Å². The van der Waals surface area contributed by atoms with Crippen molar-refractivity contribution in [2.45, 2.75) is 25.3 Å². The minimum absolute atomic E-state index is 0.0865. The molecule has 3 atom stereocenters. The molecule has 1 aliphatic heterocycles. The lowest BCUT2D eigenvalue weighted by molar-refractivity contribution is -0.146. The summed E-state index contributed by atoms with van der Waals surface area (Å²) in [5.41, 5.74) is 0. The lowest BCUT2D eigenvalue weighted by Crippen LogP contribution is -2.55. The first-order chi connectivity index (χ1) is 9.49. The molecule has 0 aromatic carbocycles. The number of piperazine rings is 1. The summed E-state index contributed by atoms with van der Waals surface area (Å²) in [6.45, 7) is 3.58. The van der Waals surface area contributed by atoms with E-state index in [4.69, 9.17) is 5.11 Å². The van der Waals surface area contributed by atoms with E-state index in [2.05, 4.69) is 29.2 Å². The van der Waals surface area contributed by atoms with Crippen LogP contribution in [0.15, 0.2) is 0 Å². The number of hydrogen-bond acceptors (Lipinski definition) is 4. The summed E-state index contributed by atoms with van der Waals surface area (Å²) in [7, 11) is 4.15. The Labute approximate surface area is 120 Å². The van der Waals surface area contributed by atoms with Crippen LogP contribution in [-0.4, -0.2) is 73.1 Å². The summed E-state index contributed by atoms with van der Waals surface area (Å²) in [5.74, 6) is -1.77. The van der Waals surface area contributed by atoms with Crippen molar-refractivity contribution < 1.29 is 14.7 Å². The second kappa shape index (κ2) is 6.54. The van der Waals surface area contributed by atoms with Crippen molar-refractivity contribution in [2.24, 2.45) is 11.8 Å². The molecule has 1 saturated heterocycles.